The van der Waals surface area contributed by atoms with E-state index in [1.54, 1.807) is 13.4 Å². The van der Waals surface area contributed by atoms with Crippen LogP contribution in [0.15, 0.2) is 71.3 Å². The number of thiocarbonyl (C=S) groups is 1. The first kappa shape index (κ1) is 19.8. The lowest BCUT2D eigenvalue weighted by Crippen LogP contribution is -2.33. The maximum absolute atomic E-state index is 5.72. The van der Waals surface area contributed by atoms with Gasteiger partial charge in [-0.3, -0.25) is 0 Å². The number of anilines is 1. The zero-order valence-electron chi connectivity index (χ0n) is 16.1. The van der Waals surface area contributed by atoms with Gasteiger partial charge in [0.25, 0.3) is 0 Å². The summed E-state index contributed by atoms with van der Waals surface area (Å²) in [6, 6.07) is 19.5. The topological polar surface area (TPSA) is 46.9 Å². The summed E-state index contributed by atoms with van der Waals surface area (Å²) < 4.78 is 16.5. The van der Waals surface area contributed by atoms with Crippen molar-refractivity contribution in [3.8, 4) is 11.5 Å². The Hall–Kier alpha value is -2.99. The van der Waals surface area contributed by atoms with Gasteiger partial charge in [0.1, 0.15) is 17.3 Å². The van der Waals surface area contributed by atoms with Crippen LogP contribution in [0.5, 0.6) is 11.5 Å². The van der Waals surface area contributed by atoms with Gasteiger partial charge in [0.2, 0.25) is 0 Å². The Labute approximate surface area is 170 Å². The van der Waals surface area contributed by atoms with Gasteiger partial charge >= 0.3 is 0 Å². The second-order valence-corrected chi connectivity index (χ2v) is 6.53. The van der Waals surface area contributed by atoms with Crippen LogP contribution in [0.1, 0.15) is 18.2 Å². The monoisotopic (exact) mass is 396 g/mol. The lowest BCUT2D eigenvalue weighted by atomic mass is 10.2. The molecule has 0 bridgehead atoms. The fourth-order valence-corrected chi connectivity index (χ4v) is 3.03. The van der Waals surface area contributed by atoms with Gasteiger partial charge in [-0.1, -0.05) is 24.3 Å². The van der Waals surface area contributed by atoms with Crippen LogP contribution < -0.4 is 14.8 Å². The van der Waals surface area contributed by atoms with Crippen molar-refractivity contribution in [1.82, 2.24) is 4.90 Å². The second kappa shape index (κ2) is 9.80. The van der Waals surface area contributed by atoms with Crippen LogP contribution in [0.2, 0.25) is 0 Å². The van der Waals surface area contributed by atoms with Gasteiger partial charge in [-0.15, -0.1) is 0 Å². The summed E-state index contributed by atoms with van der Waals surface area (Å²) in [6.07, 6.45) is 1.67. The molecule has 0 atom stereocenters. The highest BCUT2D eigenvalue weighted by atomic mass is 32.1. The van der Waals surface area contributed by atoms with Crippen molar-refractivity contribution < 1.29 is 13.9 Å². The second-order valence-electron chi connectivity index (χ2n) is 6.14. The predicted molar refractivity (Wildman–Crippen MR) is 115 cm³/mol. The number of rotatable bonds is 8. The van der Waals surface area contributed by atoms with Crippen LogP contribution in [0.25, 0.3) is 0 Å². The number of hydrogen-bond donors (Lipinski definition) is 1. The molecule has 28 heavy (non-hydrogen) atoms. The van der Waals surface area contributed by atoms with E-state index in [-0.39, 0.29) is 0 Å². The molecule has 0 saturated heterocycles. The Balaban J connectivity index is 1.78. The normalized spacial score (nSPS) is 10.4. The largest absolute Gasteiger partial charge is 0.497 e. The fraction of sp³-hybridized carbons (Fsp3) is 0.227. The van der Waals surface area contributed by atoms with E-state index >= 15 is 0 Å². The lowest BCUT2D eigenvalue weighted by Gasteiger charge is -2.26. The van der Waals surface area contributed by atoms with Gasteiger partial charge in [-0.05, 0) is 61.1 Å². The fourth-order valence-electron chi connectivity index (χ4n) is 2.79. The summed E-state index contributed by atoms with van der Waals surface area (Å²) in [7, 11) is 1.66. The molecule has 146 valence electrons. The first-order valence-electron chi connectivity index (χ1n) is 9.12. The molecular weight excluding hydrogens is 372 g/mol. The van der Waals surface area contributed by atoms with E-state index in [9.17, 15) is 0 Å². The maximum Gasteiger partial charge on any atom is 0.174 e. The van der Waals surface area contributed by atoms with Crippen LogP contribution in [-0.2, 0) is 13.1 Å². The molecule has 3 aromatic rings. The molecule has 2 aromatic carbocycles. The van der Waals surface area contributed by atoms with Gasteiger partial charge < -0.3 is 24.1 Å². The molecule has 5 nitrogen and oxygen atoms in total. The van der Waals surface area contributed by atoms with Crippen molar-refractivity contribution in [2.75, 3.05) is 19.0 Å². The minimum atomic E-state index is 0.557. The highest BCUT2D eigenvalue weighted by molar-refractivity contribution is 7.80. The number of benzene rings is 2. The molecule has 0 fully saturated rings. The van der Waals surface area contributed by atoms with Gasteiger partial charge in [0, 0.05) is 6.54 Å². The van der Waals surface area contributed by atoms with Crippen LogP contribution >= 0.6 is 12.2 Å². The Kier molecular flexibility index (Phi) is 6.92. The number of ether oxygens (including phenoxy) is 2. The van der Waals surface area contributed by atoms with Crippen molar-refractivity contribution in [2.45, 2.75) is 20.0 Å². The number of hydrogen-bond acceptors (Lipinski definition) is 4. The predicted octanol–water partition coefficient (Wildman–Crippen LogP) is 5.09. The van der Waals surface area contributed by atoms with Gasteiger partial charge in [-0.2, -0.15) is 0 Å². The first-order chi connectivity index (χ1) is 13.7. The van der Waals surface area contributed by atoms with E-state index in [4.69, 9.17) is 26.1 Å². The Bertz CT molecular complexity index is 879. The van der Waals surface area contributed by atoms with Crippen LogP contribution in [-0.4, -0.2) is 23.7 Å². The Morgan fingerprint density at radius 3 is 2.50 bits per heavy atom. The Morgan fingerprint density at radius 1 is 1.04 bits per heavy atom. The van der Waals surface area contributed by atoms with E-state index in [1.165, 1.54) is 0 Å². The molecule has 3 rings (SSSR count). The number of nitrogens with zero attached hydrogens (tertiary/aromatic N) is 1. The molecule has 0 saturated carbocycles. The minimum absolute atomic E-state index is 0.557. The third-order valence-electron chi connectivity index (χ3n) is 4.18. The van der Waals surface area contributed by atoms with Crippen LogP contribution in [0.4, 0.5) is 5.69 Å². The number of methoxy groups -OCH3 is 1. The summed E-state index contributed by atoms with van der Waals surface area (Å²) in [4.78, 5) is 2.05. The highest BCUT2D eigenvalue weighted by Crippen LogP contribution is 2.25. The highest BCUT2D eigenvalue weighted by Gasteiger charge is 2.15. The van der Waals surface area contributed by atoms with Crippen molar-refractivity contribution in [3.05, 3.63) is 78.3 Å². The minimum Gasteiger partial charge on any atom is -0.497 e. The molecule has 0 radical (unpaired) electrons. The zero-order chi connectivity index (χ0) is 19.8. The standard InChI is InChI=1S/C22H24N2O3S/c1-3-26-21-9-5-4-8-20(21)23-22(28)24(16-19-7-6-14-27-19)15-17-10-12-18(25-2)13-11-17/h4-14H,3,15-16H2,1-2H3,(H,23,28). The summed E-state index contributed by atoms with van der Waals surface area (Å²) in [5.41, 5.74) is 1.96. The number of nitrogens with one attached hydrogen (secondary N) is 1. The van der Waals surface area contributed by atoms with Crippen LogP contribution in [0, 0.1) is 0 Å². The average molecular weight is 397 g/mol. The summed E-state index contributed by atoms with van der Waals surface area (Å²) >= 11 is 5.72. The number of para-hydroxylation sites is 2. The van der Waals surface area contributed by atoms with Crippen molar-refractivity contribution in [2.24, 2.45) is 0 Å². The Morgan fingerprint density at radius 2 is 1.82 bits per heavy atom. The van der Waals surface area contributed by atoms with E-state index in [0.29, 0.717) is 24.8 Å². The molecule has 0 aliphatic carbocycles. The van der Waals surface area contributed by atoms with E-state index in [1.807, 2.05) is 67.6 Å². The van der Waals surface area contributed by atoms with Crippen molar-refractivity contribution in [3.63, 3.8) is 0 Å². The van der Waals surface area contributed by atoms with E-state index in [0.717, 1.165) is 28.5 Å². The summed E-state index contributed by atoms with van der Waals surface area (Å²) in [6.45, 7) is 3.74. The van der Waals surface area contributed by atoms with Crippen molar-refractivity contribution >= 4 is 23.0 Å². The molecule has 0 aliphatic heterocycles. The van der Waals surface area contributed by atoms with Crippen molar-refractivity contribution in [1.29, 1.82) is 0 Å². The smallest absolute Gasteiger partial charge is 0.174 e. The third kappa shape index (κ3) is 5.27. The maximum atomic E-state index is 5.72. The molecule has 1 heterocycles. The van der Waals surface area contributed by atoms with Gasteiger partial charge in [0.15, 0.2) is 5.11 Å². The van der Waals surface area contributed by atoms with Crippen LogP contribution in [0.3, 0.4) is 0 Å². The molecule has 0 amide bonds. The molecule has 0 unspecified atom stereocenters. The molecule has 0 aliphatic rings. The third-order valence-corrected chi connectivity index (χ3v) is 4.54. The van der Waals surface area contributed by atoms with E-state index < -0.39 is 0 Å². The van der Waals surface area contributed by atoms with E-state index in [2.05, 4.69) is 10.2 Å². The van der Waals surface area contributed by atoms with Gasteiger partial charge in [0.05, 0.1) is 32.2 Å². The first-order valence-corrected chi connectivity index (χ1v) is 9.53. The lowest BCUT2D eigenvalue weighted by molar-refractivity contribution is 0.341. The molecular formula is C22H24N2O3S. The summed E-state index contributed by atoms with van der Waals surface area (Å²) in [5.74, 6) is 2.44. The molecule has 6 heteroatoms. The van der Waals surface area contributed by atoms with Gasteiger partial charge in [-0.25, -0.2) is 0 Å². The average Bonchev–Trinajstić information content (AvgIpc) is 3.23. The zero-order valence-corrected chi connectivity index (χ0v) is 16.9. The SMILES string of the molecule is CCOc1ccccc1NC(=S)N(Cc1ccc(OC)cc1)Cc1ccco1. The molecule has 0 spiro atoms. The number of furan rings is 1. The molecule has 1 aromatic heterocycles. The summed E-state index contributed by atoms with van der Waals surface area (Å²) in [5, 5.41) is 3.91. The molecule has 1 N–H and O–H groups in total. The quantitative estimate of drug-likeness (QED) is 0.536.